The average molecular weight is 458 g/mol. The van der Waals surface area contributed by atoms with E-state index < -0.39 is 10.9 Å². The van der Waals surface area contributed by atoms with E-state index in [9.17, 15) is 19.7 Å². The Labute approximate surface area is 191 Å². The maximum absolute atomic E-state index is 12.4. The van der Waals surface area contributed by atoms with E-state index in [1.807, 2.05) is 6.07 Å². The first-order valence-corrected chi connectivity index (χ1v) is 10.5. The lowest BCUT2D eigenvalue weighted by molar-refractivity contribution is -0.384. The zero-order chi connectivity index (χ0) is 23.1. The third kappa shape index (κ3) is 6.63. The van der Waals surface area contributed by atoms with Gasteiger partial charge < -0.3 is 9.64 Å². The van der Waals surface area contributed by atoms with Gasteiger partial charge >= 0.3 is 5.97 Å². The van der Waals surface area contributed by atoms with Crippen LogP contribution >= 0.6 is 11.6 Å². The van der Waals surface area contributed by atoms with Crippen LogP contribution in [0.2, 0.25) is 5.02 Å². The van der Waals surface area contributed by atoms with Gasteiger partial charge in [-0.25, -0.2) is 4.79 Å². The molecule has 0 atom stereocenters. The van der Waals surface area contributed by atoms with Crippen molar-refractivity contribution in [3.8, 4) is 0 Å². The van der Waals surface area contributed by atoms with Crippen LogP contribution in [-0.4, -0.2) is 59.4 Å². The lowest BCUT2D eigenvalue weighted by atomic mass is 10.1. The smallest absolute Gasteiger partial charge is 0.331 e. The van der Waals surface area contributed by atoms with E-state index in [-0.39, 0.29) is 23.2 Å². The number of ether oxygens (including phenoxy) is 1. The van der Waals surface area contributed by atoms with Crippen molar-refractivity contribution in [2.24, 2.45) is 0 Å². The molecule has 0 unspecified atom stereocenters. The molecule has 1 aliphatic heterocycles. The second-order valence-electron chi connectivity index (χ2n) is 7.55. The molecule has 168 valence electrons. The van der Waals surface area contributed by atoms with Crippen LogP contribution in [0.4, 0.5) is 5.69 Å². The second-order valence-corrected chi connectivity index (χ2v) is 7.96. The molecule has 1 amide bonds. The number of benzene rings is 2. The Balaban J connectivity index is 1.43. The van der Waals surface area contributed by atoms with Crippen molar-refractivity contribution in [2.75, 3.05) is 32.8 Å². The lowest BCUT2D eigenvalue weighted by Gasteiger charge is -2.34. The summed E-state index contributed by atoms with van der Waals surface area (Å²) in [6.45, 7) is 5.22. The molecule has 2 aromatic carbocycles. The topological polar surface area (TPSA) is 93.0 Å². The van der Waals surface area contributed by atoms with Gasteiger partial charge in [-0.2, -0.15) is 0 Å². The average Bonchev–Trinajstić information content (AvgIpc) is 2.77. The summed E-state index contributed by atoms with van der Waals surface area (Å²) in [7, 11) is 0. The lowest BCUT2D eigenvalue weighted by Crippen LogP contribution is -2.49. The van der Waals surface area contributed by atoms with Crippen LogP contribution in [0.15, 0.2) is 48.5 Å². The highest BCUT2D eigenvalue weighted by Gasteiger charge is 2.22. The minimum absolute atomic E-state index is 0.0132. The molecular formula is C23H24ClN3O5. The predicted molar refractivity (Wildman–Crippen MR) is 121 cm³/mol. The summed E-state index contributed by atoms with van der Waals surface area (Å²) in [6.07, 6.45) is 2.50. The van der Waals surface area contributed by atoms with Crippen LogP contribution in [0.5, 0.6) is 0 Å². The molecule has 0 radical (unpaired) electrons. The predicted octanol–water partition coefficient (Wildman–Crippen LogP) is 3.46. The highest BCUT2D eigenvalue weighted by molar-refractivity contribution is 6.32. The van der Waals surface area contributed by atoms with Crippen LogP contribution in [0, 0.1) is 17.0 Å². The number of amides is 1. The summed E-state index contributed by atoms with van der Waals surface area (Å²) in [5, 5.41) is 10.9. The van der Waals surface area contributed by atoms with E-state index in [4.69, 9.17) is 16.3 Å². The molecule has 0 spiro atoms. The second kappa shape index (κ2) is 10.9. The fourth-order valence-electron chi connectivity index (χ4n) is 3.43. The van der Waals surface area contributed by atoms with Crippen molar-refractivity contribution in [1.82, 2.24) is 9.80 Å². The van der Waals surface area contributed by atoms with Crippen LogP contribution in [0.25, 0.3) is 6.08 Å². The van der Waals surface area contributed by atoms with Gasteiger partial charge in [-0.05, 0) is 30.2 Å². The number of nitrogens with zero attached hydrogens (tertiary/aromatic N) is 3. The molecule has 1 fully saturated rings. The minimum Gasteiger partial charge on any atom is -0.452 e. The first-order valence-electron chi connectivity index (χ1n) is 10.2. The molecule has 0 bridgehead atoms. The van der Waals surface area contributed by atoms with Gasteiger partial charge in [0.25, 0.3) is 11.6 Å². The van der Waals surface area contributed by atoms with Gasteiger partial charge in [0.1, 0.15) is 5.02 Å². The molecule has 9 heteroatoms. The number of esters is 1. The molecule has 1 heterocycles. The van der Waals surface area contributed by atoms with Crippen molar-refractivity contribution in [2.45, 2.75) is 13.5 Å². The molecule has 8 nitrogen and oxygen atoms in total. The molecule has 0 aromatic heterocycles. The fraction of sp³-hybridized carbons (Fsp3) is 0.304. The van der Waals surface area contributed by atoms with Gasteiger partial charge in [0.15, 0.2) is 6.61 Å². The quantitative estimate of drug-likeness (QED) is 0.273. The number of aryl methyl sites for hydroxylation is 1. The maximum atomic E-state index is 12.4. The number of carbonyl (C=O) groups is 2. The largest absolute Gasteiger partial charge is 0.452 e. The number of nitro groups is 1. The molecular weight excluding hydrogens is 434 g/mol. The highest BCUT2D eigenvalue weighted by Crippen LogP contribution is 2.25. The third-order valence-corrected chi connectivity index (χ3v) is 5.45. The summed E-state index contributed by atoms with van der Waals surface area (Å²) < 4.78 is 5.03. The zero-order valence-corrected chi connectivity index (χ0v) is 18.5. The van der Waals surface area contributed by atoms with Gasteiger partial charge in [-0.3, -0.25) is 19.8 Å². The standard InChI is InChI=1S/C23H24ClN3O5/c1-17-3-2-4-19(13-17)15-25-9-11-26(12-10-25)22(28)16-32-23(29)8-6-18-5-7-20(24)21(14-18)27(30)31/h2-8,13-14H,9-12,15-16H2,1H3/b8-6+. The fourth-order valence-corrected chi connectivity index (χ4v) is 3.62. The Morgan fingerprint density at radius 2 is 1.91 bits per heavy atom. The van der Waals surface area contributed by atoms with Crippen LogP contribution in [0.3, 0.4) is 0 Å². The molecule has 1 saturated heterocycles. The monoisotopic (exact) mass is 457 g/mol. The summed E-state index contributed by atoms with van der Waals surface area (Å²) in [6, 6.07) is 12.5. The molecule has 0 aliphatic carbocycles. The van der Waals surface area contributed by atoms with Gasteiger partial charge in [-0.15, -0.1) is 0 Å². The Hall–Kier alpha value is -3.23. The number of hydrogen-bond donors (Lipinski definition) is 0. The van der Waals surface area contributed by atoms with Crippen molar-refractivity contribution >= 4 is 35.2 Å². The number of rotatable bonds is 7. The maximum Gasteiger partial charge on any atom is 0.331 e. The molecule has 2 aromatic rings. The van der Waals surface area contributed by atoms with Gasteiger partial charge in [0.2, 0.25) is 0 Å². The first kappa shape index (κ1) is 23.4. The molecule has 3 rings (SSSR count). The Morgan fingerprint density at radius 1 is 1.16 bits per heavy atom. The van der Waals surface area contributed by atoms with Crippen molar-refractivity contribution in [1.29, 1.82) is 0 Å². The van der Waals surface area contributed by atoms with Crippen molar-refractivity contribution in [3.63, 3.8) is 0 Å². The van der Waals surface area contributed by atoms with E-state index in [0.29, 0.717) is 18.7 Å². The third-order valence-electron chi connectivity index (χ3n) is 5.13. The van der Waals surface area contributed by atoms with E-state index in [1.54, 1.807) is 11.0 Å². The SMILES string of the molecule is Cc1cccc(CN2CCN(C(=O)COC(=O)/C=C/c3ccc(Cl)c([N+](=O)[O-])c3)CC2)c1. The summed E-state index contributed by atoms with van der Waals surface area (Å²) in [5.74, 6) is -0.946. The normalized spacial score (nSPS) is 14.5. The number of hydrogen-bond acceptors (Lipinski definition) is 6. The summed E-state index contributed by atoms with van der Waals surface area (Å²) >= 11 is 5.77. The Bertz CT molecular complexity index is 1030. The van der Waals surface area contributed by atoms with Crippen LogP contribution in [-0.2, 0) is 20.9 Å². The number of piperazine rings is 1. The van der Waals surface area contributed by atoms with E-state index in [1.165, 1.54) is 29.3 Å². The highest BCUT2D eigenvalue weighted by atomic mass is 35.5. The van der Waals surface area contributed by atoms with Gasteiger partial charge in [0, 0.05) is 44.9 Å². The molecule has 0 saturated carbocycles. The summed E-state index contributed by atoms with van der Waals surface area (Å²) in [4.78, 5) is 38.6. The van der Waals surface area contributed by atoms with Crippen LogP contribution < -0.4 is 0 Å². The zero-order valence-electron chi connectivity index (χ0n) is 17.7. The Morgan fingerprint density at radius 3 is 2.59 bits per heavy atom. The Kier molecular flexibility index (Phi) is 7.97. The molecule has 32 heavy (non-hydrogen) atoms. The van der Waals surface area contributed by atoms with Crippen LogP contribution in [0.1, 0.15) is 16.7 Å². The number of carbonyl (C=O) groups excluding carboxylic acids is 2. The minimum atomic E-state index is -0.700. The van der Waals surface area contributed by atoms with E-state index in [2.05, 4.69) is 30.0 Å². The number of halogens is 1. The van der Waals surface area contributed by atoms with Crippen molar-refractivity contribution < 1.29 is 19.2 Å². The molecule has 1 aliphatic rings. The first-order chi connectivity index (χ1) is 15.3. The van der Waals surface area contributed by atoms with E-state index >= 15 is 0 Å². The van der Waals surface area contributed by atoms with E-state index in [0.717, 1.165) is 25.7 Å². The van der Waals surface area contributed by atoms with Gasteiger partial charge in [0.05, 0.1) is 4.92 Å². The molecule has 0 N–H and O–H groups in total. The van der Waals surface area contributed by atoms with Gasteiger partial charge in [-0.1, -0.05) is 47.5 Å². The number of nitro benzene ring substituents is 1. The summed E-state index contributed by atoms with van der Waals surface area (Å²) in [5.41, 5.74) is 2.64. The van der Waals surface area contributed by atoms with Crippen molar-refractivity contribution in [3.05, 3.63) is 80.4 Å².